The second kappa shape index (κ2) is 6.68. The Hall–Kier alpha value is -2.24. The van der Waals surface area contributed by atoms with Crippen molar-refractivity contribution in [3.8, 4) is 12.3 Å². The van der Waals surface area contributed by atoms with E-state index < -0.39 is 0 Å². The number of para-hydroxylation sites is 1. The summed E-state index contributed by atoms with van der Waals surface area (Å²) < 4.78 is 0. The molecular weight excluding hydrogens is 268 g/mol. The summed E-state index contributed by atoms with van der Waals surface area (Å²) in [5.74, 6) is 3.01. The van der Waals surface area contributed by atoms with Crippen molar-refractivity contribution >= 4 is 5.69 Å². The van der Waals surface area contributed by atoms with Crippen LogP contribution in [0.2, 0.25) is 0 Å². The molecular formula is C20H22N2. The minimum atomic E-state index is -0.214. The van der Waals surface area contributed by atoms with Crippen molar-refractivity contribution in [1.82, 2.24) is 4.90 Å². The highest BCUT2D eigenvalue weighted by Gasteiger charge is 2.32. The molecule has 0 bridgehead atoms. The number of hydrogen-bond acceptors (Lipinski definition) is 2. The molecule has 2 aromatic carbocycles. The van der Waals surface area contributed by atoms with Gasteiger partial charge in [0.2, 0.25) is 0 Å². The average Bonchev–Trinajstić information content (AvgIpc) is 2.59. The third-order valence-electron chi connectivity index (χ3n) is 4.39. The maximum absolute atomic E-state index is 5.85. The van der Waals surface area contributed by atoms with Gasteiger partial charge < -0.3 is 5.32 Å². The molecule has 0 unspecified atom stereocenters. The molecule has 1 fully saturated rings. The number of likely N-dealkylation sites (tertiary alicyclic amines) is 1. The van der Waals surface area contributed by atoms with Gasteiger partial charge in [-0.2, -0.15) is 0 Å². The van der Waals surface area contributed by atoms with Gasteiger partial charge in [0.05, 0.1) is 0 Å². The van der Waals surface area contributed by atoms with Crippen molar-refractivity contribution in [2.45, 2.75) is 24.9 Å². The number of piperidine rings is 1. The van der Waals surface area contributed by atoms with E-state index in [2.05, 4.69) is 58.6 Å². The van der Waals surface area contributed by atoms with Gasteiger partial charge >= 0.3 is 0 Å². The minimum absolute atomic E-state index is 0.214. The van der Waals surface area contributed by atoms with E-state index in [0.717, 1.165) is 38.2 Å². The molecule has 2 aromatic rings. The van der Waals surface area contributed by atoms with Crippen LogP contribution in [0.3, 0.4) is 0 Å². The summed E-state index contributed by atoms with van der Waals surface area (Å²) in [7, 11) is 0. The van der Waals surface area contributed by atoms with Gasteiger partial charge in [-0.15, -0.1) is 6.42 Å². The molecule has 0 radical (unpaired) electrons. The Labute approximate surface area is 133 Å². The molecule has 1 aliphatic heterocycles. The van der Waals surface area contributed by atoms with Gasteiger partial charge in [-0.05, 0) is 30.5 Å². The van der Waals surface area contributed by atoms with Gasteiger partial charge in [0, 0.05) is 25.3 Å². The van der Waals surface area contributed by atoms with Gasteiger partial charge in [-0.25, -0.2) is 0 Å². The second-order valence-corrected chi connectivity index (χ2v) is 5.98. The lowest BCUT2D eigenvalue weighted by Gasteiger charge is -2.39. The van der Waals surface area contributed by atoms with E-state index in [-0.39, 0.29) is 5.54 Å². The molecule has 0 aromatic heterocycles. The smallest absolute Gasteiger partial charge is 0.101 e. The van der Waals surface area contributed by atoms with E-state index in [1.807, 2.05) is 18.2 Å². The Morgan fingerprint density at radius 3 is 2.14 bits per heavy atom. The van der Waals surface area contributed by atoms with Crippen LogP contribution in [-0.4, -0.2) is 23.5 Å². The van der Waals surface area contributed by atoms with Crippen molar-refractivity contribution < 1.29 is 0 Å². The normalized spacial score (nSPS) is 17.6. The molecule has 1 aliphatic rings. The molecule has 0 aliphatic carbocycles. The van der Waals surface area contributed by atoms with E-state index in [4.69, 9.17) is 6.42 Å². The fourth-order valence-electron chi connectivity index (χ4n) is 3.04. The van der Waals surface area contributed by atoms with Crippen LogP contribution < -0.4 is 5.32 Å². The highest BCUT2D eigenvalue weighted by atomic mass is 15.2. The summed E-state index contributed by atoms with van der Waals surface area (Å²) in [6, 6.07) is 20.9. The van der Waals surface area contributed by atoms with Crippen molar-refractivity contribution in [2.24, 2.45) is 0 Å². The fourth-order valence-corrected chi connectivity index (χ4v) is 3.04. The summed E-state index contributed by atoms with van der Waals surface area (Å²) in [6.45, 7) is 3.06. The SMILES string of the molecule is C#CC1(Nc2ccccc2)CCN(Cc2ccccc2)CC1. The first-order valence-corrected chi connectivity index (χ1v) is 7.87. The lowest BCUT2D eigenvalue weighted by molar-refractivity contribution is 0.190. The van der Waals surface area contributed by atoms with E-state index in [1.54, 1.807) is 0 Å². The van der Waals surface area contributed by atoms with Crippen LogP contribution in [0.4, 0.5) is 5.69 Å². The predicted molar refractivity (Wildman–Crippen MR) is 92.6 cm³/mol. The quantitative estimate of drug-likeness (QED) is 0.862. The van der Waals surface area contributed by atoms with Crippen LogP contribution in [0.1, 0.15) is 18.4 Å². The molecule has 0 saturated carbocycles. The molecule has 1 saturated heterocycles. The molecule has 1 N–H and O–H groups in total. The number of terminal acetylenes is 1. The molecule has 2 nitrogen and oxygen atoms in total. The molecule has 0 atom stereocenters. The Morgan fingerprint density at radius 2 is 1.55 bits per heavy atom. The Bertz CT molecular complexity index is 620. The van der Waals surface area contributed by atoms with Gasteiger partial charge in [0.1, 0.15) is 5.54 Å². The van der Waals surface area contributed by atoms with E-state index in [9.17, 15) is 0 Å². The molecule has 3 rings (SSSR count). The molecule has 1 heterocycles. The standard InChI is InChI=1S/C20H22N2/c1-2-20(21-19-11-7-4-8-12-19)13-15-22(16-14-20)17-18-9-5-3-6-10-18/h1,3-12,21H,13-17H2. The lowest BCUT2D eigenvalue weighted by Crippen LogP contribution is -2.48. The first kappa shape index (κ1) is 14.7. The Morgan fingerprint density at radius 1 is 0.955 bits per heavy atom. The minimum Gasteiger partial charge on any atom is -0.369 e. The maximum Gasteiger partial charge on any atom is 0.101 e. The molecule has 0 spiro atoms. The maximum atomic E-state index is 5.85. The molecule has 2 heteroatoms. The second-order valence-electron chi connectivity index (χ2n) is 5.98. The summed E-state index contributed by atoms with van der Waals surface area (Å²) in [4.78, 5) is 2.48. The fraction of sp³-hybridized carbons (Fsp3) is 0.300. The van der Waals surface area contributed by atoms with Gasteiger partial charge in [0.15, 0.2) is 0 Å². The monoisotopic (exact) mass is 290 g/mol. The van der Waals surface area contributed by atoms with E-state index in [0.29, 0.717) is 0 Å². The van der Waals surface area contributed by atoms with Gasteiger partial charge in [-0.1, -0.05) is 54.5 Å². The van der Waals surface area contributed by atoms with Gasteiger partial charge in [0.25, 0.3) is 0 Å². The number of anilines is 1. The van der Waals surface area contributed by atoms with Crippen LogP contribution in [0, 0.1) is 12.3 Å². The van der Waals surface area contributed by atoms with Crippen LogP contribution in [0.25, 0.3) is 0 Å². The highest BCUT2D eigenvalue weighted by Crippen LogP contribution is 2.27. The zero-order chi connectivity index (χ0) is 15.3. The zero-order valence-corrected chi connectivity index (χ0v) is 12.8. The first-order valence-electron chi connectivity index (χ1n) is 7.87. The first-order chi connectivity index (χ1) is 10.8. The van der Waals surface area contributed by atoms with Crippen molar-refractivity contribution in [3.63, 3.8) is 0 Å². The third-order valence-corrected chi connectivity index (χ3v) is 4.39. The summed E-state index contributed by atoms with van der Waals surface area (Å²) in [5, 5.41) is 3.57. The zero-order valence-electron chi connectivity index (χ0n) is 12.8. The Kier molecular flexibility index (Phi) is 4.46. The highest BCUT2D eigenvalue weighted by molar-refractivity contribution is 5.48. The van der Waals surface area contributed by atoms with Crippen LogP contribution in [-0.2, 0) is 6.54 Å². The van der Waals surface area contributed by atoms with E-state index in [1.165, 1.54) is 5.56 Å². The van der Waals surface area contributed by atoms with Crippen LogP contribution in [0.5, 0.6) is 0 Å². The number of nitrogens with one attached hydrogen (secondary N) is 1. The third kappa shape index (κ3) is 3.50. The topological polar surface area (TPSA) is 15.3 Å². The Balaban J connectivity index is 1.60. The predicted octanol–water partition coefficient (Wildman–Crippen LogP) is 3.77. The summed E-state index contributed by atoms with van der Waals surface area (Å²) in [6.07, 6.45) is 7.81. The number of benzene rings is 2. The number of hydrogen-bond donors (Lipinski definition) is 1. The number of rotatable bonds is 4. The summed E-state index contributed by atoms with van der Waals surface area (Å²) >= 11 is 0. The molecule has 22 heavy (non-hydrogen) atoms. The van der Waals surface area contributed by atoms with Crippen molar-refractivity contribution in [1.29, 1.82) is 0 Å². The largest absolute Gasteiger partial charge is 0.369 e. The molecule has 112 valence electrons. The number of nitrogens with zero attached hydrogens (tertiary/aromatic N) is 1. The van der Waals surface area contributed by atoms with Crippen LogP contribution in [0.15, 0.2) is 60.7 Å². The van der Waals surface area contributed by atoms with Gasteiger partial charge in [-0.3, -0.25) is 4.90 Å². The van der Waals surface area contributed by atoms with Crippen molar-refractivity contribution in [2.75, 3.05) is 18.4 Å². The lowest BCUT2D eigenvalue weighted by atomic mass is 9.87. The summed E-state index contributed by atoms with van der Waals surface area (Å²) in [5.41, 5.74) is 2.26. The van der Waals surface area contributed by atoms with Crippen LogP contribution >= 0.6 is 0 Å². The van der Waals surface area contributed by atoms with E-state index >= 15 is 0 Å². The van der Waals surface area contributed by atoms with Crippen molar-refractivity contribution in [3.05, 3.63) is 66.2 Å². The molecule has 0 amide bonds. The average molecular weight is 290 g/mol.